The van der Waals surface area contributed by atoms with Gasteiger partial charge < -0.3 is 10.0 Å². The molecule has 1 atom stereocenters. The molecule has 4 heterocycles. The second kappa shape index (κ2) is 12.4. The summed E-state index contributed by atoms with van der Waals surface area (Å²) in [4.78, 5) is 42.2. The standard InChI is InChI=1S/C29H31F4N5O3S/c1-17-4-5-19(11-21(17)29(31,32)33)27-24(16-38-8-2-3-20(38)13-30)42-26(36-27)12-23(39)22-14-35-25(15-34-22)37-9-6-18(7-10-37)28(40)41/h4-5,11,14-15,18,20H,2-3,6-10,12-13,16H2,1H3,(H,40,41)/t20-/m0/s1. The van der Waals surface area contributed by atoms with Gasteiger partial charge in [0.05, 0.1) is 36.0 Å². The van der Waals surface area contributed by atoms with Crippen LogP contribution in [0.3, 0.4) is 0 Å². The maximum atomic E-state index is 13.7. The van der Waals surface area contributed by atoms with Crippen LogP contribution in [0.2, 0.25) is 0 Å². The number of carboxylic acid groups (broad SMARTS) is 1. The highest BCUT2D eigenvalue weighted by Gasteiger charge is 2.33. The summed E-state index contributed by atoms with van der Waals surface area (Å²) in [6.07, 6.45) is 0.780. The lowest BCUT2D eigenvalue weighted by atomic mass is 9.97. The van der Waals surface area contributed by atoms with E-state index in [1.165, 1.54) is 36.7 Å². The van der Waals surface area contributed by atoms with Crippen LogP contribution in [0.4, 0.5) is 23.4 Å². The van der Waals surface area contributed by atoms with Crippen molar-refractivity contribution in [3.05, 3.63) is 57.3 Å². The van der Waals surface area contributed by atoms with Gasteiger partial charge in [-0.15, -0.1) is 11.3 Å². The number of rotatable bonds is 9. The molecule has 3 aromatic rings. The Balaban J connectivity index is 1.36. The van der Waals surface area contributed by atoms with Crippen molar-refractivity contribution in [3.8, 4) is 11.3 Å². The molecule has 8 nitrogen and oxygen atoms in total. The molecule has 42 heavy (non-hydrogen) atoms. The SMILES string of the molecule is Cc1ccc(-c2nc(CC(=O)c3cnc(N4CCC(C(=O)O)CC4)cn3)sc2CN2CCC[C@H]2CF)cc1C(F)(F)F. The summed E-state index contributed by atoms with van der Waals surface area (Å²) in [5.41, 5.74) is 0.142. The molecule has 0 amide bonds. The predicted molar refractivity (Wildman–Crippen MR) is 149 cm³/mol. The van der Waals surface area contributed by atoms with Crippen LogP contribution in [0.25, 0.3) is 11.3 Å². The van der Waals surface area contributed by atoms with Gasteiger partial charge in [-0.1, -0.05) is 12.1 Å². The summed E-state index contributed by atoms with van der Waals surface area (Å²) in [5.74, 6) is -0.965. The van der Waals surface area contributed by atoms with Crippen LogP contribution in [0.1, 0.15) is 57.2 Å². The lowest BCUT2D eigenvalue weighted by molar-refractivity contribution is -0.142. The zero-order valence-electron chi connectivity index (χ0n) is 23.0. The molecule has 5 rings (SSSR count). The van der Waals surface area contributed by atoms with Crippen molar-refractivity contribution in [3.63, 3.8) is 0 Å². The number of aromatic nitrogens is 3. The average Bonchev–Trinajstić information content (AvgIpc) is 3.59. The lowest BCUT2D eigenvalue weighted by Gasteiger charge is -2.30. The number of carboxylic acids is 1. The first kappa shape index (κ1) is 30.0. The van der Waals surface area contributed by atoms with Crippen molar-refractivity contribution < 1.29 is 32.3 Å². The Bertz CT molecular complexity index is 1440. The van der Waals surface area contributed by atoms with Gasteiger partial charge >= 0.3 is 12.1 Å². The maximum Gasteiger partial charge on any atom is 0.416 e. The van der Waals surface area contributed by atoms with E-state index < -0.39 is 24.4 Å². The minimum absolute atomic E-state index is 0.101. The molecule has 2 aromatic heterocycles. The number of aliphatic carboxylic acids is 1. The molecule has 13 heteroatoms. The van der Waals surface area contributed by atoms with E-state index in [9.17, 15) is 32.3 Å². The number of piperidine rings is 1. The van der Waals surface area contributed by atoms with Gasteiger partial charge in [0.1, 0.15) is 23.2 Å². The van der Waals surface area contributed by atoms with E-state index in [2.05, 4.69) is 15.0 Å². The predicted octanol–water partition coefficient (Wildman–Crippen LogP) is 5.59. The Hall–Kier alpha value is -3.45. The second-order valence-corrected chi connectivity index (χ2v) is 12.0. The van der Waals surface area contributed by atoms with Crippen molar-refractivity contribution >= 4 is 28.9 Å². The number of Topliss-reactive ketones (excluding diaryl/α,β-unsaturated/α-hetero) is 1. The summed E-state index contributed by atoms with van der Waals surface area (Å²) < 4.78 is 54.6. The van der Waals surface area contributed by atoms with Gasteiger partial charge in [-0.25, -0.2) is 19.3 Å². The fourth-order valence-electron chi connectivity index (χ4n) is 5.56. The van der Waals surface area contributed by atoms with E-state index in [1.807, 2.05) is 9.80 Å². The van der Waals surface area contributed by atoms with Crippen LogP contribution in [-0.4, -0.2) is 69.1 Å². The molecular formula is C29H31F4N5O3S. The first-order valence-electron chi connectivity index (χ1n) is 13.8. The molecular weight excluding hydrogens is 574 g/mol. The Morgan fingerprint density at radius 3 is 2.50 bits per heavy atom. The quantitative estimate of drug-likeness (QED) is 0.249. The molecule has 2 aliphatic rings. The zero-order chi connectivity index (χ0) is 30.0. The number of thiazole rings is 1. The molecule has 1 N–H and O–H groups in total. The minimum Gasteiger partial charge on any atom is -0.481 e. The van der Waals surface area contributed by atoms with Crippen LogP contribution in [0, 0.1) is 12.8 Å². The first-order chi connectivity index (χ1) is 20.0. The molecule has 2 aliphatic heterocycles. The summed E-state index contributed by atoms with van der Waals surface area (Å²) in [6, 6.07) is 3.83. The van der Waals surface area contributed by atoms with Crippen LogP contribution in [0.5, 0.6) is 0 Å². The molecule has 2 fully saturated rings. The lowest BCUT2D eigenvalue weighted by Crippen LogP contribution is -2.36. The molecule has 0 spiro atoms. The fourth-order valence-corrected chi connectivity index (χ4v) is 6.67. The number of alkyl halides is 4. The number of carbonyl (C=O) groups is 2. The van der Waals surface area contributed by atoms with E-state index in [0.717, 1.165) is 12.5 Å². The first-order valence-corrected chi connectivity index (χ1v) is 14.6. The fraction of sp³-hybridized carbons (Fsp3) is 0.483. The highest BCUT2D eigenvalue weighted by atomic mass is 32.1. The van der Waals surface area contributed by atoms with Crippen LogP contribution < -0.4 is 4.90 Å². The number of hydrogen-bond donors (Lipinski definition) is 1. The highest BCUT2D eigenvalue weighted by Crippen LogP contribution is 2.37. The van der Waals surface area contributed by atoms with Crippen molar-refractivity contribution in [2.24, 2.45) is 5.92 Å². The van der Waals surface area contributed by atoms with Gasteiger partial charge in [-0.3, -0.25) is 14.5 Å². The van der Waals surface area contributed by atoms with Crippen LogP contribution in [-0.2, 0) is 23.9 Å². The monoisotopic (exact) mass is 605 g/mol. The van der Waals surface area contributed by atoms with E-state index in [-0.39, 0.29) is 35.4 Å². The molecule has 0 saturated carbocycles. The summed E-state index contributed by atoms with van der Waals surface area (Å²) >= 11 is 1.24. The van der Waals surface area contributed by atoms with Crippen LogP contribution >= 0.6 is 11.3 Å². The van der Waals surface area contributed by atoms with E-state index >= 15 is 0 Å². The van der Waals surface area contributed by atoms with E-state index in [1.54, 1.807) is 6.07 Å². The van der Waals surface area contributed by atoms with Gasteiger partial charge in [0, 0.05) is 36.1 Å². The Morgan fingerprint density at radius 1 is 1.10 bits per heavy atom. The number of ketones is 1. The Kier molecular flexibility index (Phi) is 8.88. The number of likely N-dealkylation sites (tertiary alicyclic amines) is 1. The molecule has 0 aliphatic carbocycles. The number of carbonyl (C=O) groups excluding carboxylic acids is 1. The van der Waals surface area contributed by atoms with Crippen molar-refractivity contribution in [2.75, 3.05) is 31.2 Å². The van der Waals surface area contributed by atoms with Gasteiger partial charge in [0.25, 0.3) is 0 Å². The van der Waals surface area contributed by atoms with Gasteiger partial charge in [-0.05, 0) is 50.8 Å². The second-order valence-electron chi connectivity index (χ2n) is 10.8. The van der Waals surface area contributed by atoms with Crippen LogP contribution in [0.15, 0.2) is 30.6 Å². The average molecular weight is 606 g/mol. The Labute approximate surface area is 244 Å². The third-order valence-electron chi connectivity index (χ3n) is 7.99. The largest absolute Gasteiger partial charge is 0.481 e. The number of anilines is 1. The summed E-state index contributed by atoms with van der Waals surface area (Å²) in [6.45, 7) is 2.96. The molecule has 0 unspecified atom stereocenters. The summed E-state index contributed by atoms with van der Waals surface area (Å²) in [7, 11) is 0. The normalized spacial score (nSPS) is 18.5. The number of aryl methyl sites for hydroxylation is 1. The van der Waals surface area contributed by atoms with Crippen molar-refractivity contribution in [2.45, 2.75) is 57.8 Å². The smallest absolute Gasteiger partial charge is 0.416 e. The number of halogens is 4. The maximum absolute atomic E-state index is 13.7. The zero-order valence-corrected chi connectivity index (χ0v) is 23.8. The molecule has 224 valence electrons. The number of nitrogens with zero attached hydrogens (tertiary/aromatic N) is 5. The van der Waals surface area contributed by atoms with Gasteiger partial charge in [-0.2, -0.15) is 13.2 Å². The van der Waals surface area contributed by atoms with E-state index in [4.69, 9.17) is 0 Å². The van der Waals surface area contributed by atoms with E-state index in [0.29, 0.717) is 72.4 Å². The van der Waals surface area contributed by atoms with Crippen molar-refractivity contribution in [1.29, 1.82) is 0 Å². The minimum atomic E-state index is -4.53. The van der Waals surface area contributed by atoms with Gasteiger partial charge in [0.2, 0.25) is 0 Å². The molecule has 1 aromatic carbocycles. The third-order valence-corrected chi connectivity index (χ3v) is 9.03. The number of hydrogen-bond acceptors (Lipinski definition) is 8. The Morgan fingerprint density at radius 2 is 1.86 bits per heavy atom. The van der Waals surface area contributed by atoms with Gasteiger partial charge in [0.15, 0.2) is 5.78 Å². The van der Waals surface area contributed by atoms with Crippen molar-refractivity contribution in [1.82, 2.24) is 19.9 Å². The molecule has 0 bridgehead atoms. The molecule has 0 radical (unpaired) electrons. The highest BCUT2D eigenvalue weighted by molar-refractivity contribution is 7.12. The number of benzene rings is 1. The third kappa shape index (κ3) is 6.62. The topological polar surface area (TPSA) is 99.5 Å². The summed E-state index contributed by atoms with van der Waals surface area (Å²) in [5, 5.41) is 9.62. The molecule has 2 saturated heterocycles.